The molecular weight excluding hydrogens is 415 g/mol. The topological polar surface area (TPSA) is 105 Å². The Bertz CT molecular complexity index is 1030. The summed E-state index contributed by atoms with van der Waals surface area (Å²) in [5.41, 5.74) is 0.651. The minimum atomic E-state index is -4.52. The van der Waals surface area contributed by atoms with Crippen molar-refractivity contribution in [2.45, 2.75) is 12.7 Å². The molecule has 1 aromatic carbocycles. The fourth-order valence-electron chi connectivity index (χ4n) is 2.65. The Labute approximate surface area is 164 Å². The van der Waals surface area contributed by atoms with Crippen LogP contribution in [0.3, 0.4) is 0 Å². The summed E-state index contributed by atoms with van der Waals surface area (Å²) in [4.78, 5) is 21.7. The quantitative estimate of drug-likeness (QED) is 0.775. The number of fused-ring (bicyclic) bond motifs is 1. The molecule has 0 bridgehead atoms. The van der Waals surface area contributed by atoms with Gasteiger partial charge in [-0.1, -0.05) is 0 Å². The number of halogens is 3. The number of hydrogen-bond acceptors (Lipinski definition) is 7. The number of hydrogen-bond donors (Lipinski definition) is 1. The molecule has 0 radical (unpaired) electrons. The van der Waals surface area contributed by atoms with E-state index in [0.29, 0.717) is 15.7 Å². The molecule has 1 aliphatic rings. The number of amides is 2. The van der Waals surface area contributed by atoms with E-state index in [1.165, 1.54) is 18.2 Å². The highest BCUT2D eigenvalue weighted by Gasteiger charge is 2.39. The van der Waals surface area contributed by atoms with Crippen molar-refractivity contribution in [3.63, 3.8) is 0 Å². The van der Waals surface area contributed by atoms with Gasteiger partial charge in [0.2, 0.25) is 16.0 Å². The number of urea groups is 1. The normalized spacial score (nSPS) is 14.6. The van der Waals surface area contributed by atoms with E-state index in [1.807, 2.05) is 5.32 Å². The van der Waals surface area contributed by atoms with Gasteiger partial charge in [0.25, 0.3) is 0 Å². The van der Waals surface area contributed by atoms with Crippen molar-refractivity contribution in [3.05, 3.63) is 36.0 Å². The predicted molar refractivity (Wildman–Crippen MR) is 98.5 cm³/mol. The molecule has 2 aromatic rings. The molecule has 29 heavy (non-hydrogen) atoms. The number of aromatic nitrogens is 2. The van der Waals surface area contributed by atoms with E-state index in [1.54, 1.807) is 24.3 Å². The minimum Gasteiger partial charge on any atom is -0.497 e. The second kappa shape index (κ2) is 7.39. The lowest BCUT2D eigenvalue weighted by Gasteiger charge is -2.34. The van der Waals surface area contributed by atoms with Crippen LogP contribution in [0.15, 0.2) is 30.5 Å². The summed E-state index contributed by atoms with van der Waals surface area (Å²) in [6, 6.07) is 5.43. The predicted octanol–water partition coefficient (Wildman–Crippen LogP) is 2.37. The molecule has 0 fully saturated rings. The Kier molecular flexibility index (Phi) is 5.26. The van der Waals surface area contributed by atoms with Crippen molar-refractivity contribution in [3.8, 4) is 5.75 Å². The van der Waals surface area contributed by atoms with Crippen LogP contribution in [-0.4, -0.2) is 50.5 Å². The number of sulfonamides is 1. The second-order valence-corrected chi connectivity index (χ2v) is 7.94. The SMILES string of the molecule is COc1ccc(N2Cc3cnc(NCC(F)(F)F)nc3N(S(C)(=O)=O)C2=O)cc1. The van der Waals surface area contributed by atoms with Crippen molar-refractivity contribution in [1.82, 2.24) is 9.97 Å². The summed E-state index contributed by atoms with van der Waals surface area (Å²) in [6.07, 6.45) is -2.53. The Morgan fingerprint density at radius 2 is 1.90 bits per heavy atom. The molecular formula is C16H16F3N5O4S. The molecule has 156 valence electrons. The first kappa shape index (κ1) is 20.6. The highest BCUT2D eigenvalue weighted by Crippen LogP contribution is 2.33. The van der Waals surface area contributed by atoms with Gasteiger partial charge in [-0.05, 0) is 24.3 Å². The van der Waals surface area contributed by atoms with Gasteiger partial charge in [0, 0.05) is 17.4 Å². The lowest BCUT2D eigenvalue weighted by Crippen LogP contribution is -2.50. The summed E-state index contributed by atoms with van der Waals surface area (Å²) >= 11 is 0. The average molecular weight is 431 g/mol. The number of carbonyl (C=O) groups is 1. The summed E-state index contributed by atoms with van der Waals surface area (Å²) < 4.78 is 67.2. The third kappa shape index (κ3) is 4.50. The van der Waals surface area contributed by atoms with E-state index in [0.717, 1.165) is 6.26 Å². The van der Waals surface area contributed by atoms with E-state index in [2.05, 4.69) is 9.97 Å². The molecule has 9 nitrogen and oxygen atoms in total. The first-order valence-corrected chi connectivity index (χ1v) is 9.97. The van der Waals surface area contributed by atoms with Crippen molar-refractivity contribution >= 4 is 33.5 Å². The zero-order chi connectivity index (χ0) is 21.4. The molecule has 0 aliphatic carbocycles. The Morgan fingerprint density at radius 1 is 1.24 bits per heavy atom. The number of carbonyl (C=O) groups excluding carboxylic acids is 1. The average Bonchev–Trinajstić information content (AvgIpc) is 2.64. The number of alkyl halides is 3. The molecule has 0 spiro atoms. The number of rotatable bonds is 5. The first-order chi connectivity index (χ1) is 13.5. The van der Waals surface area contributed by atoms with Crippen LogP contribution in [0.25, 0.3) is 0 Å². The number of methoxy groups -OCH3 is 1. The smallest absolute Gasteiger partial charge is 0.405 e. The molecule has 0 unspecified atom stereocenters. The fraction of sp³-hybridized carbons (Fsp3) is 0.312. The summed E-state index contributed by atoms with van der Waals surface area (Å²) in [7, 11) is -2.65. The van der Waals surface area contributed by atoms with Crippen LogP contribution >= 0.6 is 0 Å². The lowest BCUT2D eigenvalue weighted by molar-refractivity contribution is -0.115. The van der Waals surface area contributed by atoms with Crippen LogP contribution in [0.1, 0.15) is 5.56 Å². The molecule has 3 rings (SSSR count). The van der Waals surface area contributed by atoms with Crippen LogP contribution in [0, 0.1) is 0 Å². The third-order valence-corrected chi connectivity index (χ3v) is 4.92. The van der Waals surface area contributed by atoms with E-state index in [-0.39, 0.29) is 17.9 Å². The van der Waals surface area contributed by atoms with Gasteiger partial charge in [-0.25, -0.2) is 18.2 Å². The zero-order valence-corrected chi connectivity index (χ0v) is 16.1. The number of nitrogens with zero attached hydrogens (tertiary/aromatic N) is 4. The van der Waals surface area contributed by atoms with Crippen LogP contribution in [-0.2, 0) is 16.6 Å². The Hall–Kier alpha value is -3.09. The van der Waals surface area contributed by atoms with Crippen molar-refractivity contribution < 1.29 is 31.1 Å². The summed E-state index contributed by atoms with van der Waals surface area (Å²) in [5, 5.41) is 1.97. The standard InChI is InChI=1S/C16H16F3N5O4S/c1-28-12-5-3-11(4-6-12)23-8-10-7-20-14(21-9-16(17,18)19)22-13(10)24(15(23)25)29(2,26)27/h3-7H,8-9H2,1-2H3,(H,20,21,22). The van der Waals surface area contributed by atoms with Crippen molar-refractivity contribution in [2.75, 3.05) is 34.4 Å². The van der Waals surface area contributed by atoms with Gasteiger partial charge in [0.1, 0.15) is 12.3 Å². The number of benzene rings is 1. The molecule has 0 saturated heterocycles. The monoisotopic (exact) mass is 431 g/mol. The number of nitrogens with one attached hydrogen (secondary N) is 1. The van der Waals surface area contributed by atoms with E-state index >= 15 is 0 Å². The molecule has 0 saturated carbocycles. The van der Waals surface area contributed by atoms with Gasteiger partial charge in [-0.3, -0.25) is 4.90 Å². The highest BCUT2D eigenvalue weighted by molar-refractivity contribution is 7.92. The van der Waals surface area contributed by atoms with Gasteiger partial charge in [-0.2, -0.15) is 22.5 Å². The summed E-state index contributed by atoms with van der Waals surface area (Å²) in [6.45, 7) is -1.47. The van der Waals surface area contributed by atoms with Crippen LogP contribution in [0.2, 0.25) is 0 Å². The van der Waals surface area contributed by atoms with Crippen LogP contribution in [0.4, 0.5) is 35.4 Å². The van der Waals surface area contributed by atoms with E-state index in [9.17, 15) is 26.4 Å². The Balaban J connectivity index is 2.00. The largest absolute Gasteiger partial charge is 0.497 e. The third-order valence-electron chi connectivity index (χ3n) is 3.93. The maximum absolute atomic E-state index is 12.9. The van der Waals surface area contributed by atoms with Gasteiger partial charge < -0.3 is 10.1 Å². The number of anilines is 3. The second-order valence-electron chi connectivity index (χ2n) is 6.11. The molecule has 1 aliphatic heterocycles. The molecule has 1 aromatic heterocycles. The summed E-state index contributed by atoms with van der Waals surface area (Å²) in [5.74, 6) is -0.190. The molecule has 0 atom stereocenters. The van der Waals surface area contributed by atoms with Gasteiger partial charge in [0.15, 0.2) is 5.82 Å². The van der Waals surface area contributed by atoms with Crippen molar-refractivity contribution in [1.29, 1.82) is 0 Å². The molecule has 13 heteroatoms. The van der Waals surface area contributed by atoms with Crippen LogP contribution in [0.5, 0.6) is 5.75 Å². The van der Waals surface area contributed by atoms with Gasteiger partial charge in [0.05, 0.1) is 19.9 Å². The molecule has 2 heterocycles. The number of ether oxygens (including phenoxy) is 1. The molecule has 1 N–H and O–H groups in total. The first-order valence-electron chi connectivity index (χ1n) is 8.12. The highest BCUT2D eigenvalue weighted by atomic mass is 32.2. The van der Waals surface area contributed by atoms with Gasteiger partial charge in [-0.15, -0.1) is 0 Å². The Morgan fingerprint density at radius 3 is 2.45 bits per heavy atom. The van der Waals surface area contributed by atoms with Crippen LogP contribution < -0.4 is 19.3 Å². The van der Waals surface area contributed by atoms with E-state index < -0.39 is 34.7 Å². The van der Waals surface area contributed by atoms with Gasteiger partial charge >= 0.3 is 12.2 Å². The fourth-order valence-corrected chi connectivity index (χ4v) is 3.51. The molecule has 2 amide bonds. The minimum absolute atomic E-state index is 0.0634. The zero-order valence-electron chi connectivity index (χ0n) is 15.3. The maximum Gasteiger partial charge on any atom is 0.405 e. The van der Waals surface area contributed by atoms with E-state index in [4.69, 9.17) is 4.74 Å². The lowest BCUT2D eigenvalue weighted by atomic mass is 10.2. The van der Waals surface area contributed by atoms with Crippen molar-refractivity contribution in [2.24, 2.45) is 0 Å². The maximum atomic E-state index is 12.9.